The lowest BCUT2D eigenvalue weighted by Gasteiger charge is -2.51. The molecule has 4 heteroatoms. The van der Waals surface area contributed by atoms with Crippen molar-refractivity contribution in [1.82, 2.24) is 0 Å². The monoisotopic (exact) mass is 471 g/mol. The molecule has 1 fully saturated rings. The number of amides is 2. The maximum atomic E-state index is 14.2. The van der Waals surface area contributed by atoms with Crippen molar-refractivity contribution in [3.05, 3.63) is 125 Å². The Hall–Kier alpha value is -4.18. The van der Waals surface area contributed by atoms with E-state index in [0.29, 0.717) is 11.4 Å². The van der Waals surface area contributed by atoms with Crippen molar-refractivity contribution in [3.63, 3.8) is 0 Å². The van der Waals surface area contributed by atoms with Gasteiger partial charge < -0.3 is 4.74 Å². The van der Waals surface area contributed by atoms with Crippen LogP contribution in [0.3, 0.4) is 0 Å². The molecule has 0 spiro atoms. The van der Waals surface area contributed by atoms with Gasteiger partial charge in [-0.25, -0.2) is 4.90 Å². The van der Waals surface area contributed by atoms with E-state index in [1.54, 1.807) is 0 Å². The van der Waals surface area contributed by atoms with Gasteiger partial charge in [-0.3, -0.25) is 9.59 Å². The summed E-state index contributed by atoms with van der Waals surface area (Å²) in [6.07, 6.45) is 0. The number of nitrogens with zero attached hydrogens (tertiary/aromatic N) is 1. The molecule has 0 saturated carbocycles. The van der Waals surface area contributed by atoms with Crippen molar-refractivity contribution >= 4 is 17.5 Å². The summed E-state index contributed by atoms with van der Waals surface area (Å²) in [6.45, 7) is 4.03. The molecule has 1 aliphatic heterocycles. The summed E-state index contributed by atoms with van der Waals surface area (Å²) in [5, 5.41) is 0. The molecule has 3 aliphatic carbocycles. The van der Waals surface area contributed by atoms with Crippen molar-refractivity contribution < 1.29 is 14.3 Å². The van der Waals surface area contributed by atoms with E-state index in [4.69, 9.17) is 4.74 Å². The molecule has 0 N–H and O–H groups in total. The lowest BCUT2D eigenvalue weighted by Crippen LogP contribution is -2.49. The van der Waals surface area contributed by atoms with Gasteiger partial charge in [-0.1, -0.05) is 66.2 Å². The molecule has 1 saturated heterocycles. The second-order valence-electron chi connectivity index (χ2n) is 10.3. The van der Waals surface area contributed by atoms with Gasteiger partial charge in [0.25, 0.3) is 0 Å². The minimum absolute atomic E-state index is 0.117. The summed E-state index contributed by atoms with van der Waals surface area (Å²) in [6, 6.07) is 31.7. The average molecular weight is 472 g/mol. The normalized spacial score (nSPS) is 25.4. The van der Waals surface area contributed by atoms with E-state index in [9.17, 15) is 9.59 Å². The first-order chi connectivity index (χ1) is 17.5. The van der Waals surface area contributed by atoms with Gasteiger partial charge in [0.2, 0.25) is 11.8 Å². The minimum Gasteiger partial charge on any atom is -0.457 e. The van der Waals surface area contributed by atoms with Crippen LogP contribution in [0.4, 0.5) is 5.69 Å². The van der Waals surface area contributed by atoms with Gasteiger partial charge in [-0.15, -0.1) is 0 Å². The quantitative estimate of drug-likeness (QED) is 0.317. The van der Waals surface area contributed by atoms with Crippen LogP contribution in [0.25, 0.3) is 0 Å². The van der Waals surface area contributed by atoms with Crippen LogP contribution in [-0.4, -0.2) is 11.8 Å². The summed E-state index contributed by atoms with van der Waals surface area (Å²) >= 11 is 0. The Labute approximate surface area is 210 Å². The van der Waals surface area contributed by atoms with Crippen LogP contribution in [0.5, 0.6) is 11.5 Å². The second-order valence-corrected chi connectivity index (χ2v) is 10.3. The first-order valence-electron chi connectivity index (χ1n) is 12.4. The predicted molar refractivity (Wildman–Crippen MR) is 138 cm³/mol. The van der Waals surface area contributed by atoms with Crippen molar-refractivity contribution in [2.24, 2.45) is 11.3 Å². The van der Waals surface area contributed by atoms with Crippen LogP contribution in [0.1, 0.15) is 46.6 Å². The molecular formula is C32H25NO3. The van der Waals surface area contributed by atoms with Gasteiger partial charge in [-0.2, -0.15) is 0 Å². The summed E-state index contributed by atoms with van der Waals surface area (Å²) in [5.41, 5.74) is 5.61. The van der Waals surface area contributed by atoms with Crippen molar-refractivity contribution in [2.45, 2.75) is 25.7 Å². The number of carbonyl (C=O) groups is 2. The molecular weight excluding hydrogens is 446 g/mol. The van der Waals surface area contributed by atoms with Crippen molar-refractivity contribution in [1.29, 1.82) is 0 Å². The zero-order valence-corrected chi connectivity index (χ0v) is 20.1. The third kappa shape index (κ3) is 2.70. The Balaban J connectivity index is 1.28. The third-order valence-corrected chi connectivity index (χ3v) is 8.37. The van der Waals surface area contributed by atoms with Gasteiger partial charge in [0.05, 0.1) is 17.0 Å². The average Bonchev–Trinajstić information content (AvgIpc) is 3.11. The largest absolute Gasteiger partial charge is 0.457 e. The van der Waals surface area contributed by atoms with E-state index in [-0.39, 0.29) is 23.7 Å². The first kappa shape index (κ1) is 21.1. The molecule has 0 unspecified atom stereocenters. The number of hydrogen-bond donors (Lipinski definition) is 0. The zero-order chi connectivity index (χ0) is 24.6. The standard InChI is InChI=1S/C32H25NO3/c1-19-11-15-21(16-12-19)36-22-17-13-20(14-18-22)33-30(34)29-27-23-7-3-5-9-25(23)28(32(29,2)31(33)35)26-10-6-4-8-24(26)27/h3-18,27-29H,1-2H3/t27?,28?,29-,32-/m1/s1. The highest BCUT2D eigenvalue weighted by atomic mass is 16.5. The molecule has 2 bridgehead atoms. The van der Waals surface area contributed by atoms with E-state index >= 15 is 0 Å². The van der Waals surface area contributed by atoms with Crippen molar-refractivity contribution in [3.8, 4) is 11.5 Å². The fourth-order valence-corrected chi connectivity index (χ4v) is 6.77. The van der Waals surface area contributed by atoms with Crippen LogP contribution in [0, 0.1) is 18.3 Å². The van der Waals surface area contributed by atoms with Crippen LogP contribution in [0.2, 0.25) is 0 Å². The second kappa shape index (κ2) is 7.41. The van der Waals surface area contributed by atoms with Crippen LogP contribution < -0.4 is 9.64 Å². The van der Waals surface area contributed by atoms with E-state index in [1.165, 1.54) is 27.2 Å². The van der Waals surface area contributed by atoms with Crippen LogP contribution >= 0.6 is 0 Å². The molecule has 2 amide bonds. The Morgan fingerprint density at radius 3 is 1.75 bits per heavy atom. The maximum Gasteiger partial charge on any atom is 0.241 e. The van der Waals surface area contributed by atoms with Gasteiger partial charge in [0, 0.05) is 11.8 Å². The minimum atomic E-state index is -0.832. The molecule has 176 valence electrons. The molecule has 4 aliphatic rings. The number of rotatable bonds is 3. The maximum absolute atomic E-state index is 14.2. The molecule has 4 aromatic carbocycles. The molecule has 4 nitrogen and oxygen atoms in total. The van der Waals surface area contributed by atoms with E-state index in [2.05, 4.69) is 24.3 Å². The molecule has 36 heavy (non-hydrogen) atoms. The smallest absolute Gasteiger partial charge is 0.241 e. The molecule has 0 radical (unpaired) electrons. The van der Waals surface area contributed by atoms with Crippen molar-refractivity contribution in [2.75, 3.05) is 4.90 Å². The summed E-state index contributed by atoms with van der Waals surface area (Å²) < 4.78 is 5.96. The van der Waals surface area contributed by atoms with Gasteiger partial charge in [0.1, 0.15) is 11.5 Å². The van der Waals surface area contributed by atoms with Gasteiger partial charge in [-0.05, 0) is 72.5 Å². The van der Waals surface area contributed by atoms with Crippen LogP contribution in [0.15, 0.2) is 97.1 Å². The summed E-state index contributed by atoms with van der Waals surface area (Å²) in [7, 11) is 0. The molecule has 2 atom stereocenters. The highest BCUT2D eigenvalue weighted by Crippen LogP contribution is 2.67. The molecule has 0 aromatic heterocycles. The van der Waals surface area contributed by atoms with E-state index < -0.39 is 11.3 Å². The highest BCUT2D eigenvalue weighted by molar-refractivity contribution is 6.25. The van der Waals surface area contributed by atoms with Crippen LogP contribution in [-0.2, 0) is 9.59 Å². The fourth-order valence-electron chi connectivity index (χ4n) is 6.77. The number of benzene rings is 4. The Bertz CT molecular complexity index is 1490. The first-order valence-corrected chi connectivity index (χ1v) is 12.4. The lowest BCUT2D eigenvalue weighted by molar-refractivity contribution is -0.128. The molecule has 4 aromatic rings. The molecule has 8 rings (SSSR count). The summed E-state index contributed by atoms with van der Waals surface area (Å²) in [5.74, 6) is 0.460. The Morgan fingerprint density at radius 1 is 0.694 bits per heavy atom. The number of carbonyl (C=O) groups excluding carboxylic acids is 2. The van der Waals surface area contributed by atoms with Gasteiger partial charge in [0.15, 0.2) is 0 Å². The fraction of sp³-hybridized carbons (Fsp3) is 0.188. The SMILES string of the molecule is Cc1ccc(Oc2ccc(N3C(=O)[C@H]4C5c6ccccc6C(c6ccccc65)[C@@]4(C)C3=O)cc2)cc1. The van der Waals surface area contributed by atoms with Gasteiger partial charge >= 0.3 is 0 Å². The number of hydrogen-bond acceptors (Lipinski definition) is 3. The lowest BCUT2D eigenvalue weighted by atomic mass is 9.48. The molecule has 1 heterocycles. The van der Waals surface area contributed by atoms with E-state index in [1.807, 2.05) is 86.6 Å². The third-order valence-electron chi connectivity index (χ3n) is 8.37. The van der Waals surface area contributed by atoms with E-state index in [0.717, 1.165) is 11.3 Å². The number of anilines is 1. The summed E-state index contributed by atoms with van der Waals surface area (Å²) in [4.78, 5) is 29.6. The number of aryl methyl sites for hydroxylation is 1. The Morgan fingerprint density at radius 2 is 1.19 bits per heavy atom. The number of imide groups is 1. The predicted octanol–water partition coefficient (Wildman–Crippen LogP) is 6.57. The topological polar surface area (TPSA) is 46.6 Å². The Kier molecular flexibility index (Phi) is 4.35. The highest BCUT2D eigenvalue weighted by Gasteiger charge is 2.68. The zero-order valence-electron chi connectivity index (χ0n) is 20.1. The number of ether oxygens (including phenoxy) is 1.